The van der Waals surface area contributed by atoms with E-state index in [9.17, 15) is 4.79 Å². The number of hydrogen-bond acceptors (Lipinski definition) is 4. The van der Waals surface area contributed by atoms with Gasteiger partial charge in [0.05, 0.1) is 13.7 Å². The highest BCUT2D eigenvalue weighted by Gasteiger charge is 2.08. The number of aryl methyl sites for hydroxylation is 1. The van der Waals surface area contributed by atoms with Gasteiger partial charge in [-0.2, -0.15) is 0 Å². The lowest BCUT2D eigenvalue weighted by molar-refractivity contribution is -0.123. The van der Waals surface area contributed by atoms with E-state index in [1.807, 2.05) is 31.2 Å². The van der Waals surface area contributed by atoms with Gasteiger partial charge in [-0.05, 0) is 48.7 Å². The van der Waals surface area contributed by atoms with Crippen LogP contribution in [0.3, 0.4) is 0 Å². The normalized spacial score (nSPS) is 11.0. The monoisotopic (exact) mass is 384 g/mol. The summed E-state index contributed by atoms with van der Waals surface area (Å²) in [4.78, 5) is 15.9. The molecule has 2 aromatic rings. The van der Waals surface area contributed by atoms with Crippen LogP contribution < -0.4 is 25.8 Å². The fourth-order valence-electron chi connectivity index (χ4n) is 2.51. The highest BCUT2D eigenvalue weighted by Crippen LogP contribution is 2.28. The van der Waals surface area contributed by atoms with Crippen LogP contribution in [0.15, 0.2) is 47.5 Å². The number of likely N-dealkylation sites (N-methyl/N-ethyl adjacent to an activating group) is 1. The molecule has 2 rings (SSSR count). The van der Waals surface area contributed by atoms with Crippen LogP contribution >= 0.6 is 0 Å². The van der Waals surface area contributed by atoms with Crippen LogP contribution in [0.2, 0.25) is 0 Å². The summed E-state index contributed by atoms with van der Waals surface area (Å²) in [7, 11) is 1.55. The van der Waals surface area contributed by atoms with Crippen LogP contribution in [0.25, 0.3) is 0 Å². The molecule has 0 bridgehead atoms. The third-order valence-corrected chi connectivity index (χ3v) is 4.03. The summed E-state index contributed by atoms with van der Waals surface area (Å²) in [6, 6.07) is 13.5. The van der Waals surface area contributed by atoms with Crippen LogP contribution in [-0.4, -0.2) is 32.1 Å². The average Bonchev–Trinajstić information content (AvgIpc) is 2.71. The Morgan fingerprint density at radius 1 is 1.07 bits per heavy atom. The SMILES string of the molecule is CCNC(=O)COc1ccc(CN=C(N)Nc2ccc(CC)cc2)cc1OC. The first-order valence-electron chi connectivity index (χ1n) is 9.28. The van der Waals surface area contributed by atoms with Gasteiger partial charge in [-0.15, -0.1) is 0 Å². The molecule has 0 aliphatic carbocycles. The number of aliphatic imine (C=N–C) groups is 1. The van der Waals surface area contributed by atoms with Crippen molar-refractivity contribution in [2.24, 2.45) is 10.7 Å². The standard InChI is InChI=1S/C21H28N4O3/c1-4-15-6-9-17(10-7-15)25-21(22)24-13-16-8-11-18(19(12-16)27-3)28-14-20(26)23-5-2/h6-12H,4-5,13-14H2,1-3H3,(H,23,26)(H3,22,24,25). The predicted octanol–water partition coefficient (Wildman–Crippen LogP) is 2.70. The molecule has 0 radical (unpaired) electrons. The largest absolute Gasteiger partial charge is 0.493 e. The number of nitrogens with two attached hydrogens (primary N) is 1. The zero-order valence-corrected chi connectivity index (χ0v) is 16.6. The lowest BCUT2D eigenvalue weighted by atomic mass is 10.1. The van der Waals surface area contributed by atoms with E-state index in [1.54, 1.807) is 13.2 Å². The van der Waals surface area contributed by atoms with Crippen molar-refractivity contribution in [2.75, 3.05) is 25.6 Å². The number of rotatable bonds is 9. The van der Waals surface area contributed by atoms with Gasteiger partial charge in [0.2, 0.25) is 0 Å². The number of anilines is 1. The lowest BCUT2D eigenvalue weighted by Crippen LogP contribution is -2.28. The Hall–Kier alpha value is -3.22. The van der Waals surface area contributed by atoms with Gasteiger partial charge in [-0.1, -0.05) is 25.1 Å². The second-order valence-electron chi connectivity index (χ2n) is 6.10. The summed E-state index contributed by atoms with van der Waals surface area (Å²) in [6.45, 7) is 4.86. The maximum atomic E-state index is 11.5. The Morgan fingerprint density at radius 3 is 2.43 bits per heavy atom. The van der Waals surface area contributed by atoms with Gasteiger partial charge in [0.1, 0.15) is 0 Å². The van der Waals surface area contributed by atoms with E-state index in [0.29, 0.717) is 30.5 Å². The van der Waals surface area contributed by atoms with Gasteiger partial charge in [0.15, 0.2) is 24.1 Å². The molecule has 7 heteroatoms. The zero-order valence-electron chi connectivity index (χ0n) is 16.6. The molecule has 0 saturated carbocycles. The van der Waals surface area contributed by atoms with E-state index in [0.717, 1.165) is 17.7 Å². The fraction of sp³-hybridized carbons (Fsp3) is 0.333. The van der Waals surface area contributed by atoms with Gasteiger partial charge in [-0.25, -0.2) is 4.99 Å². The molecule has 0 saturated heterocycles. The number of guanidine groups is 1. The third kappa shape index (κ3) is 6.50. The maximum absolute atomic E-state index is 11.5. The molecule has 0 aliphatic rings. The fourth-order valence-corrected chi connectivity index (χ4v) is 2.51. The van der Waals surface area contributed by atoms with Crippen molar-refractivity contribution in [3.8, 4) is 11.5 Å². The minimum absolute atomic E-state index is 0.0601. The molecule has 0 unspecified atom stereocenters. The summed E-state index contributed by atoms with van der Waals surface area (Å²) >= 11 is 0. The maximum Gasteiger partial charge on any atom is 0.257 e. The molecule has 0 fully saturated rings. The molecule has 0 heterocycles. The highest BCUT2D eigenvalue weighted by molar-refractivity contribution is 5.92. The van der Waals surface area contributed by atoms with Crippen LogP contribution in [0.5, 0.6) is 11.5 Å². The zero-order chi connectivity index (χ0) is 20.4. The van der Waals surface area contributed by atoms with Crippen LogP contribution in [0.1, 0.15) is 25.0 Å². The first-order chi connectivity index (χ1) is 13.5. The van der Waals surface area contributed by atoms with Crippen molar-refractivity contribution in [3.05, 3.63) is 53.6 Å². The van der Waals surface area contributed by atoms with Crippen LogP contribution in [-0.2, 0) is 17.8 Å². The molecule has 0 atom stereocenters. The molecule has 150 valence electrons. The molecule has 0 aromatic heterocycles. The molecule has 28 heavy (non-hydrogen) atoms. The summed E-state index contributed by atoms with van der Waals surface area (Å²) in [5, 5.41) is 5.76. The van der Waals surface area contributed by atoms with Crippen molar-refractivity contribution < 1.29 is 14.3 Å². The van der Waals surface area contributed by atoms with Crippen molar-refractivity contribution in [1.82, 2.24) is 5.32 Å². The number of amides is 1. The number of nitrogens with one attached hydrogen (secondary N) is 2. The minimum atomic E-state index is -0.177. The van der Waals surface area contributed by atoms with Crippen LogP contribution in [0.4, 0.5) is 5.69 Å². The van der Waals surface area contributed by atoms with E-state index < -0.39 is 0 Å². The predicted molar refractivity (Wildman–Crippen MR) is 112 cm³/mol. The molecule has 2 aromatic carbocycles. The van der Waals surface area contributed by atoms with Crippen molar-refractivity contribution in [3.63, 3.8) is 0 Å². The van der Waals surface area contributed by atoms with Crippen molar-refractivity contribution >= 4 is 17.6 Å². The van der Waals surface area contributed by atoms with E-state index >= 15 is 0 Å². The summed E-state index contributed by atoms with van der Waals surface area (Å²) < 4.78 is 10.9. The molecule has 4 N–H and O–H groups in total. The van der Waals surface area contributed by atoms with E-state index in [4.69, 9.17) is 15.2 Å². The second-order valence-corrected chi connectivity index (χ2v) is 6.10. The first kappa shape index (κ1) is 21.1. The lowest BCUT2D eigenvalue weighted by Gasteiger charge is -2.12. The third-order valence-electron chi connectivity index (χ3n) is 4.03. The Morgan fingerprint density at radius 2 is 1.79 bits per heavy atom. The summed E-state index contributed by atoms with van der Waals surface area (Å²) in [6.07, 6.45) is 0.995. The number of carbonyl (C=O) groups is 1. The van der Waals surface area contributed by atoms with Gasteiger partial charge in [0, 0.05) is 12.2 Å². The Balaban J connectivity index is 1.96. The molecule has 1 amide bonds. The van der Waals surface area contributed by atoms with Gasteiger partial charge in [0.25, 0.3) is 5.91 Å². The summed E-state index contributed by atoms with van der Waals surface area (Å²) in [5.41, 5.74) is 9.04. The molecular weight excluding hydrogens is 356 g/mol. The van der Waals surface area contributed by atoms with E-state index in [-0.39, 0.29) is 12.5 Å². The number of carbonyl (C=O) groups excluding carboxylic acids is 1. The number of nitrogens with zero attached hydrogens (tertiary/aromatic N) is 1. The average molecular weight is 384 g/mol. The number of hydrogen-bond donors (Lipinski definition) is 3. The molecule has 0 spiro atoms. The topological polar surface area (TPSA) is 98.0 Å². The number of ether oxygens (including phenoxy) is 2. The van der Waals surface area contributed by atoms with Gasteiger partial charge >= 0.3 is 0 Å². The van der Waals surface area contributed by atoms with Crippen molar-refractivity contribution in [1.29, 1.82) is 0 Å². The van der Waals surface area contributed by atoms with Gasteiger partial charge in [-0.3, -0.25) is 4.79 Å². The minimum Gasteiger partial charge on any atom is -0.493 e. The smallest absolute Gasteiger partial charge is 0.257 e. The number of benzene rings is 2. The first-order valence-corrected chi connectivity index (χ1v) is 9.28. The Kier molecular flexibility index (Phi) is 8.14. The van der Waals surface area contributed by atoms with Crippen LogP contribution in [0, 0.1) is 0 Å². The number of methoxy groups -OCH3 is 1. The quantitative estimate of drug-likeness (QED) is 0.456. The molecule has 7 nitrogen and oxygen atoms in total. The second kappa shape index (κ2) is 10.8. The van der Waals surface area contributed by atoms with E-state index in [1.165, 1.54) is 5.56 Å². The van der Waals surface area contributed by atoms with E-state index in [2.05, 4.69) is 34.7 Å². The molecule has 0 aliphatic heterocycles. The van der Waals surface area contributed by atoms with Crippen molar-refractivity contribution in [2.45, 2.75) is 26.8 Å². The molecular formula is C21H28N4O3. The Labute approximate surface area is 165 Å². The highest BCUT2D eigenvalue weighted by atomic mass is 16.5. The Bertz CT molecular complexity index is 804. The van der Waals surface area contributed by atoms with Gasteiger partial charge < -0.3 is 25.8 Å². The summed E-state index contributed by atoms with van der Waals surface area (Å²) in [5.74, 6) is 1.20.